The van der Waals surface area contributed by atoms with E-state index in [0.29, 0.717) is 0 Å². The summed E-state index contributed by atoms with van der Waals surface area (Å²) in [6.45, 7) is 11.0. The quantitative estimate of drug-likeness (QED) is 0.736. The van der Waals surface area contributed by atoms with Gasteiger partial charge in [0.05, 0.1) is 0 Å². The van der Waals surface area contributed by atoms with E-state index in [9.17, 15) is 0 Å². The largest absolute Gasteiger partial charge is 0.317 e. The van der Waals surface area contributed by atoms with Gasteiger partial charge in [-0.2, -0.15) is 0 Å². The lowest BCUT2D eigenvalue weighted by Gasteiger charge is -2.44. The van der Waals surface area contributed by atoms with Crippen LogP contribution in [-0.2, 0) is 0 Å². The summed E-state index contributed by atoms with van der Waals surface area (Å²) in [5.74, 6) is 0. The molecule has 0 radical (unpaired) electrons. The molecule has 2 saturated heterocycles. The molecule has 2 heterocycles. The molecule has 0 bridgehead atoms. The minimum Gasteiger partial charge on any atom is -0.317 e. The van der Waals surface area contributed by atoms with Crippen LogP contribution in [0.2, 0.25) is 0 Å². The van der Waals surface area contributed by atoms with Crippen molar-refractivity contribution in [1.29, 1.82) is 0 Å². The molecule has 0 aliphatic carbocycles. The van der Waals surface area contributed by atoms with Crippen molar-refractivity contribution in [2.24, 2.45) is 0 Å². The maximum absolute atomic E-state index is 3.39. The lowest BCUT2D eigenvalue weighted by atomic mass is 10.0. The van der Waals surface area contributed by atoms with Crippen molar-refractivity contribution >= 4 is 0 Å². The van der Waals surface area contributed by atoms with Crippen LogP contribution in [0.5, 0.6) is 0 Å². The Hall–Kier alpha value is -0.160. The smallest absolute Gasteiger partial charge is 0.0347 e. The van der Waals surface area contributed by atoms with Crippen LogP contribution in [0.3, 0.4) is 0 Å². The van der Waals surface area contributed by atoms with Crippen LogP contribution in [0.4, 0.5) is 0 Å². The van der Waals surface area contributed by atoms with Gasteiger partial charge in [0.1, 0.15) is 0 Å². The van der Waals surface area contributed by atoms with E-state index < -0.39 is 0 Å². The minimum absolute atomic E-state index is 0.757. The van der Waals surface area contributed by atoms with Gasteiger partial charge < -0.3 is 15.1 Å². The van der Waals surface area contributed by atoms with E-state index in [4.69, 9.17) is 0 Å². The molecular formula is C14H30N4. The number of piperidine rings is 1. The van der Waals surface area contributed by atoms with Gasteiger partial charge in [0.2, 0.25) is 0 Å². The summed E-state index contributed by atoms with van der Waals surface area (Å²) in [7, 11) is 4.33. The molecule has 0 saturated carbocycles. The lowest BCUT2D eigenvalue weighted by Crippen LogP contribution is -2.59. The van der Waals surface area contributed by atoms with E-state index in [-0.39, 0.29) is 0 Å². The van der Waals surface area contributed by atoms with E-state index in [1.807, 2.05) is 0 Å². The van der Waals surface area contributed by atoms with Crippen molar-refractivity contribution in [2.75, 3.05) is 59.9 Å². The summed E-state index contributed by atoms with van der Waals surface area (Å²) in [5, 5.41) is 3.39. The van der Waals surface area contributed by atoms with Crippen molar-refractivity contribution in [3.8, 4) is 0 Å². The number of likely N-dealkylation sites (N-methyl/N-ethyl adjacent to an activating group) is 1. The molecule has 1 N–H and O–H groups in total. The molecular weight excluding hydrogens is 224 g/mol. The predicted molar refractivity (Wildman–Crippen MR) is 77.1 cm³/mol. The van der Waals surface area contributed by atoms with E-state index >= 15 is 0 Å². The van der Waals surface area contributed by atoms with Gasteiger partial charge in [0.15, 0.2) is 0 Å². The highest BCUT2D eigenvalue weighted by Gasteiger charge is 2.29. The van der Waals surface area contributed by atoms with Gasteiger partial charge in [-0.1, -0.05) is 6.92 Å². The molecule has 0 aromatic rings. The highest BCUT2D eigenvalue weighted by Crippen LogP contribution is 2.14. The molecule has 0 aromatic carbocycles. The van der Waals surface area contributed by atoms with Gasteiger partial charge >= 0.3 is 0 Å². The predicted octanol–water partition coefficient (Wildman–Crippen LogP) is 0.306. The Balaban J connectivity index is 1.55. The highest BCUT2D eigenvalue weighted by atomic mass is 15.3. The van der Waals surface area contributed by atoms with Crippen molar-refractivity contribution < 1.29 is 0 Å². The number of likely N-dealkylation sites (tertiary alicyclic amines) is 2. The van der Waals surface area contributed by atoms with E-state index in [1.165, 1.54) is 58.7 Å². The van der Waals surface area contributed by atoms with E-state index in [0.717, 1.165) is 12.1 Å². The molecule has 0 spiro atoms. The van der Waals surface area contributed by atoms with Crippen LogP contribution in [0, 0.1) is 0 Å². The molecule has 18 heavy (non-hydrogen) atoms. The fourth-order valence-corrected chi connectivity index (χ4v) is 2.99. The minimum atomic E-state index is 0.757. The van der Waals surface area contributed by atoms with Crippen LogP contribution >= 0.6 is 0 Å². The van der Waals surface area contributed by atoms with Crippen LogP contribution in [0.1, 0.15) is 19.8 Å². The second-order valence-electron chi connectivity index (χ2n) is 5.89. The van der Waals surface area contributed by atoms with Gasteiger partial charge in [-0.3, -0.25) is 4.90 Å². The van der Waals surface area contributed by atoms with Crippen molar-refractivity contribution in [3.63, 3.8) is 0 Å². The Labute approximate surface area is 112 Å². The molecule has 0 atom stereocenters. The zero-order valence-electron chi connectivity index (χ0n) is 12.4. The highest BCUT2D eigenvalue weighted by molar-refractivity contribution is 4.87. The summed E-state index contributed by atoms with van der Waals surface area (Å²) in [5.41, 5.74) is 0. The first-order valence-corrected chi connectivity index (χ1v) is 7.55. The first-order valence-electron chi connectivity index (χ1n) is 7.55. The SMILES string of the molecule is CCN(C)C1CN(CCN2CCC(NC)CC2)C1. The second-order valence-corrected chi connectivity index (χ2v) is 5.89. The van der Waals surface area contributed by atoms with Crippen molar-refractivity contribution in [1.82, 2.24) is 20.0 Å². The third-order valence-corrected chi connectivity index (χ3v) is 4.79. The summed E-state index contributed by atoms with van der Waals surface area (Å²) in [6.07, 6.45) is 2.63. The molecule has 2 aliphatic rings. The molecule has 0 aromatic heterocycles. The number of hydrogen-bond donors (Lipinski definition) is 1. The van der Waals surface area contributed by atoms with Crippen LogP contribution in [0.15, 0.2) is 0 Å². The Morgan fingerprint density at radius 2 is 1.72 bits per heavy atom. The van der Waals surface area contributed by atoms with Crippen LogP contribution in [-0.4, -0.2) is 86.7 Å². The molecule has 106 valence electrons. The van der Waals surface area contributed by atoms with Gasteiger partial charge in [-0.05, 0) is 46.6 Å². The molecule has 2 aliphatic heterocycles. The summed E-state index contributed by atoms with van der Waals surface area (Å²) in [6, 6.07) is 1.57. The molecule has 4 heteroatoms. The standard InChI is InChI=1S/C14H30N4/c1-4-16(3)14-11-18(12-14)10-9-17-7-5-13(15-2)6-8-17/h13-15H,4-12H2,1-3H3. The van der Waals surface area contributed by atoms with Crippen molar-refractivity contribution in [3.05, 3.63) is 0 Å². The Morgan fingerprint density at radius 1 is 1.11 bits per heavy atom. The van der Waals surface area contributed by atoms with Crippen LogP contribution < -0.4 is 5.32 Å². The Bertz CT molecular complexity index is 232. The first kappa shape index (κ1) is 14.3. The zero-order chi connectivity index (χ0) is 13.0. The van der Waals surface area contributed by atoms with Gasteiger partial charge in [0.25, 0.3) is 0 Å². The lowest BCUT2D eigenvalue weighted by molar-refractivity contribution is 0.0418. The Kier molecular flexibility index (Phi) is 5.42. The maximum atomic E-state index is 3.39. The molecule has 0 unspecified atom stereocenters. The average molecular weight is 254 g/mol. The maximum Gasteiger partial charge on any atom is 0.0347 e. The molecule has 2 rings (SSSR count). The van der Waals surface area contributed by atoms with Gasteiger partial charge in [-0.15, -0.1) is 0 Å². The van der Waals surface area contributed by atoms with E-state index in [2.05, 4.69) is 41.0 Å². The Morgan fingerprint density at radius 3 is 2.28 bits per heavy atom. The normalized spacial score (nSPS) is 24.7. The zero-order valence-corrected chi connectivity index (χ0v) is 12.4. The molecule has 0 amide bonds. The molecule has 2 fully saturated rings. The van der Waals surface area contributed by atoms with Crippen LogP contribution in [0.25, 0.3) is 0 Å². The first-order chi connectivity index (χ1) is 8.72. The summed E-state index contributed by atoms with van der Waals surface area (Å²) in [4.78, 5) is 7.70. The van der Waals surface area contributed by atoms with Crippen molar-refractivity contribution in [2.45, 2.75) is 31.8 Å². The van der Waals surface area contributed by atoms with Gasteiger partial charge in [-0.25, -0.2) is 0 Å². The number of nitrogens with zero attached hydrogens (tertiary/aromatic N) is 3. The summed E-state index contributed by atoms with van der Waals surface area (Å²) < 4.78 is 0. The molecule has 4 nitrogen and oxygen atoms in total. The number of rotatable bonds is 6. The third-order valence-electron chi connectivity index (χ3n) is 4.79. The fraction of sp³-hybridized carbons (Fsp3) is 1.00. The fourth-order valence-electron chi connectivity index (χ4n) is 2.99. The monoisotopic (exact) mass is 254 g/mol. The van der Waals surface area contributed by atoms with Gasteiger partial charge in [0, 0.05) is 38.3 Å². The topological polar surface area (TPSA) is 21.8 Å². The third kappa shape index (κ3) is 3.67. The van der Waals surface area contributed by atoms with E-state index in [1.54, 1.807) is 0 Å². The second kappa shape index (κ2) is 6.85. The average Bonchev–Trinajstić information content (AvgIpc) is 2.37. The summed E-state index contributed by atoms with van der Waals surface area (Å²) >= 11 is 0. The number of nitrogens with one attached hydrogen (secondary N) is 1. The number of hydrogen-bond acceptors (Lipinski definition) is 4.